The molecule has 0 aromatic rings. The molecule has 0 bridgehead atoms. The van der Waals surface area contributed by atoms with E-state index >= 15 is 0 Å². The van der Waals surface area contributed by atoms with E-state index in [1.54, 1.807) is 0 Å². The highest BCUT2D eigenvalue weighted by atomic mass is 32.2. The molecule has 0 fully saturated rings. The maximum Gasteiger partial charge on any atom is 0.0710 e. The molecule has 0 spiro atoms. The van der Waals surface area contributed by atoms with E-state index in [9.17, 15) is 0 Å². The van der Waals surface area contributed by atoms with E-state index in [0.29, 0.717) is 11.2 Å². The minimum absolute atomic E-state index is 0.527. The lowest BCUT2D eigenvalue weighted by Crippen LogP contribution is -2.06. The number of fused-ring (bicyclic) bond motifs is 1. The Labute approximate surface area is 78.3 Å². The summed E-state index contributed by atoms with van der Waals surface area (Å²) in [5.41, 5.74) is 1.24. The van der Waals surface area contributed by atoms with Crippen molar-refractivity contribution < 1.29 is 0 Å². The summed E-state index contributed by atoms with van der Waals surface area (Å²) in [5.74, 6) is 0.692. The van der Waals surface area contributed by atoms with Crippen molar-refractivity contribution in [1.82, 2.24) is 0 Å². The highest BCUT2D eigenvalue weighted by molar-refractivity contribution is 8.15. The van der Waals surface area contributed by atoms with Crippen LogP contribution in [0.15, 0.2) is 16.8 Å². The average molecular weight is 179 g/mol. The van der Waals surface area contributed by atoms with Crippen LogP contribution in [-0.2, 0) is 0 Å². The molecule has 2 heteroatoms. The molecule has 0 saturated carbocycles. The first-order chi connectivity index (χ1) is 5.75. The number of hydrogen-bond donors (Lipinski definition) is 0. The number of allylic oxidation sites excluding steroid dienone is 1. The number of hydrogen-bond acceptors (Lipinski definition) is 2. The summed E-state index contributed by atoms with van der Waals surface area (Å²) in [6.07, 6.45) is 7.97. The van der Waals surface area contributed by atoms with Crippen molar-refractivity contribution in [2.24, 2.45) is 10.9 Å². The van der Waals surface area contributed by atoms with Crippen molar-refractivity contribution in [3.05, 3.63) is 24.6 Å². The highest BCUT2D eigenvalue weighted by Gasteiger charge is 2.26. The van der Waals surface area contributed by atoms with Crippen LogP contribution in [0.2, 0.25) is 0 Å². The zero-order chi connectivity index (χ0) is 8.55. The van der Waals surface area contributed by atoms with Crippen molar-refractivity contribution in [1.29, 1.82) is 0 Å². The van der Waals surface area contributed by atoms with E-state index in [1.165, 1.54) is 10.7 Å². The Hall–Kier alpha value is -0.240. The van der Waals surface area contributed by atoms with Crippen LogP contribution in [0.25, 0.3) is 0 Å². The predicted octanol–water partition coefficient (Wildman–Crippen LogP) is 2.85. The number of nitrogens with zero attached hydrogens (tertiary/aromatic N) is 1. The zero-order valence-corrected chi connectivity index (χ0v) is 8.27. The van der Waals surface area contributed by atoms with Gasteiger partial charge in [0.15, 0.2) is 0 Å². The van der Waals surface area contributed by atoms with E-state index in [-0.39, 0.29) is 0 Å². The van der Waals surface area contributed by atoms with Crippen molar-refractivity contribution >= 4 is 16.8 Å². The molecule has 1 aliphatic heterocycles. The van der Waals surface area contributed by atoms with Crippen LogP contribution < -0.4 is 0 Å². The zero-order valence-electron chi connectivity index (χ0n) is 7.45. The lowest BCUT2D eigenvalue weighted by Gasteiger charge is -2.11. The summed E-state index contributed by atoms with van der Waals surface area (Å²) < 4.78 is 0. The summed E-state index contributed by atoms with van der Waals surface area (Å²) >= 11 is 1.87. The predicted molar refractivity (Wildman–Crippen MR) is 55.0 cm³/mol. The topological polar surface area (TPSA) is 12.4 Å². The van der Waals surface area contributed by atoms with Crippen LogP contribution in [-0.4, -0.2) is 10.3 Å². The fourth-order valence-corrected chi connectivity index (χ4v) is 2.69. The largest absolute Gasteiger partial charge is 0.250 e. The maximum atomic E-state index is 4.48. The molecule has 12 heavy (non-hydrogen) atoms. The van der Waals surface area contributed by atoms with Gasteiger partial charge in [0.05, 0.1) is 16.0 Å². The van der Waals surface area contributed by atoms with Crippen molar-refractivity contribution in [2.45, 2.75) is 25.5 Å². The quantitative estimate of drug-likeness (QED) is 0.557. The lowest BCUT2D eigenvalue weighted by atomic mass is 10.0. The molecule has 2 rings (SSSR count). The Morgan fingerprint density at radius 2 is 2.42 bits per heavy atom. The molecule has 2 unspecified atom stereocenters. The molecular weight excluding hydrogens is 166 g/mol. The second-order valence-electron chi connectivity index (χ2n) is 3.40. The molecule has 1 nitrogen and oxygen atoms in total. The molecule has 1 aliphatic carbocycles. The Bertz CT molecular complexity index is 242. The van der Waals surface area contributed by atoms with Gasteiger partial charge in [-0.25, -0.2) is 0 Å². The summed E-state index contributed by atoms with van der Waals surface area (Å²) in [5, 5.41) is 1.73. The molecular formula is C10H13NS. The van der Waals surface area contributed by atoms with Gasteiger partial charge < -0.3 is 0 Å². The minimum Gasteiger partial charge on any atom is -0.250 e. The maximum absolute atomic E-state index is 4.48. The van der Waals surface area contributed by atoms with E-state index in [1.807, 2.05) is 11.8 Å². The van der Waals surface area contributed by atoms with Gasteiger partial charge >= 0.3 is 0 Å². The molecule has 1 heterocycles. The molecule has 0 aromatic carbocycles. The van der Waals surface area contributed by atoms with Crippen LogP contribution in [0.1, 0.15) is 20.3 Å². The number of thioether (sulfide) groups is 1. The SMILES string of the molecule is CC1=NC2=C[CH]CC(C)[CH]C2S1. The van der Waals surface area contributed by atoms with E-state index < -0.39 is 0 Å². The third-order valence-electron chi connectivity index (χ3n) is 2.18. The molecule has 0 N–H and O–H groups in total. The normalized spacial score (nSPS) is 35.2. The third-order valence-corrected chi connectivity index (χ3v) is 3.26. The highest BCUT2D eigenvalue weighted by Crippen LogP contribution is 2.36. The summed E-state index contributed by atoms with van der Waals surface area (Å²) in [4.78, 5) is 4.48. The van der Waals surface area contributed by atoms with Gasteiger partial charge in [0.25, 0.3) is 0 Å². The van der Waals surface area contributed by atoms with Crippen LogP contribution in [0.4, 0.5) is 0 Å². The van der Waals surface area contributed by atoms with Crippen molar-refractivity contribution in [2.75, 3.05) is 0 Å². The summed E-state index contributed by atoms with van der Waals surface area (Å²) in [6, 6.07) is 0. The molecule has 2 radical (unpaired) electrons. The molecule has 64 valence electrons. The second kappa shape index (κ2) is 3.25. The first kappa shape index (κ1) is 8.36. The smallest absolute Gasteiger partial charge is 0.0710 e. The van der Waals surface area contributed by atoms with Gasteiger partial charge in [0, 0.05) is 0 Å². The van der Waals surface area contributed by atoms with Gasteiger partial charge in [0.1, 0.15) is 0 Å². The summed E-state index contributed by atoms with van der Waals surface area (Å²) in [7, 11) is 0. The van der Waals surface area contributed by atoms with E-state index in [2.05, 4.69) is 37.8 Å². The van der Waals surface area contributed by atoms with Crippen LogP contribution in [0.3, 0.4) is 0 Å². The monoisotopic (exact) mass is 179 g/mol. The molecule has 2 atom stereocenters. The van der Waals surface area contributed by atoms with Gasteiger partial charge in [-0.3, -0.25) is 4.99 Å². The first-order valence-corrected chi connectivity index (χ1v) is 5.24. The molecule has 2 aliphatic rings. The standard InChI is InChI=1S/C10H13NS/c1-7-4-3-5-9-10(6-7)12-8(2)11-9/h3,5-7,10H,4H2,1-2H3. The van der Waals surface area contributed by atoms with Crippen LogP contribution >= 0.6 is 11.8 Å². The number of rotatable bonds is 0. The molecule has 0 amide bonds. The minimum atomic E-state index is 0.527. The number of aliphatic imine (C=N–C) groups is 1. The fraction of sp³-hybridized carbons (Fsp3) is 0.500. The lowest BCUT2D eigenvalue weighted by molar-refractivity contribution is 0.665. The van der Waals surface area contributed by atoms with E-state index in [4.69, 9.17) is 0 Å². The average Bonchev–Trinajstić information content (AvgIpc) is 2.23. The van der Waals surface area contributed by atoms with E-state index in [0.717, 1.165) is 6.42 Å². The van der Waals surface area contributed by atoms with Gasteiger partial charge in [-0.15, -0.1) is 11.8 Å². The van der Waals surface area contributed by atoms with Crippen LogP contribution in [0.5, 0.6) is 0 Å². The van der Waals surface area contributed by atoms with Gasteiger partial charge in [-0.2, -0.15) is 0 Å². The molecule has 0 aromatic heterocycles. The van der Waals surface area contributed by atoms with Gasteiger partial charge in [-0.05, 0) is 32.1 Å². The van der Waals surface area contributed by atoms with Crippen molar-refractivity contribution in [3.63, 3.8) is 0 Å². The Balaban J connectivity index is 2.16. The van der Waals surface area contributed by atoms with Crippen LogP contribution in [0, 0.1) is 18.8 Å². The van der Waals surface area contributed by atoms with Gasteiger partial charge in [-0.1, -0.05) is 13.0 Å². The fourth-order valence-electron chi connectivity index (χ4n) is 1.57. The Morgan fingerprint density at radius 1 is 1.58 bits per heavy atom. The summed E-state index contributed by atoms with van der Waals surface area (Å²) in [6.45, 7) is 4.35. The molecule has 0 saturated heterocycles. The Morgan fingerprint density at radius 3 is 3.25 bits per heavy atom. The third kappa shape index (κ3) is 1.58. The van der Waals surface area contributed by atoms with Crippen molar-refractivity contribution in [3.8, 4) is 0 Å². The van der Waals surface area contributed by atoms with Gasteiger partial charge in [0.2, 0.25) is 0 Å². The first-order valence-electron chi connectivity index (χ1n) is 4.36. The second-order valence-corrected chi connectivity index (χ2v) is 4.74. The Kier molecular flexibility index (Phi) is 2.26.